The number of hydrogen-bond acceptors (Lipinski definition) is 5. The Labute approximate surface area is 175 Å². The number of aromatic nitrogens is 3. The van der Waals surface area contributed by atoms with Crippen LogP contribution in [-0.4, -0.2) is 58.2 Å². The number of piperidine rings is 1. The van der Waals surface area contributed by atoms with Crippen molar-refractivity contribution in [1.82, 2.24) is 19.9 Å². The van der Waals surface area contributed by atoms with Crippen molar-refractivity contribution in [2.45, 2.75) is 24.6 Å². The highest BCUT2D eigenvalue weighted by atomic mass is 19.4. The molecule has 1 aromatic carbocycles. The zero-order valence-corrected chi connectivity index (χ0v) is 16.7. The molecule has 2 fully saturated rings. The van der Waals surface area contributed by atoms with Crippen LogP contribution >= 0.6 is 0 Å². The van der Waals surface area contributed by atoms with E-state index in [0.29, 0.717) is 29.0 Å². The molecule has 7 nitrogen and oxygen atoms in total. The largest absolute Gasteiger partial charge is 0.441 e. The quantitative estimate of drug-likeness (QED) is 0.662. The smallest absolute Gasteiger partial charge is 0.416 e. The van der Waals surface area contributed by atoms with E-state index < -0.39 is 17.3 Å². The number of likely N-dealkylation sites (N-methyl/N-ethyl adjacent to an activating group) is 1. The fourth-order valence-electron chi connectivity index (χ4n) is 4.23. The van der Waals surface area contributed by atoms with Crippen LogP contribution < -0.4 is 4.90 Å². The summed E-state index contributed by atoms with van der Waals surface area (Å²) in [5.74, 6) is 1.26. The van der Waals surface area contributed by atoms with Crippen LogP contribution in [0.25, 0.3) is 22.4 Å². The number of imidazole rings is 1. The number of ether oxygens (including phenoxy) is 1. The van der Waals surface area contributed by atoms with Gasteiger partial charge in [0.1, 0.15) is 17.2 Å². The minimum absolute atomic E-state index is 0.274. The van der Waals surface area contributed by atoms with Crippen molar-refractivity contribution in [3.8, 4) is 11.4 Å². The zero-order valence-electron chi connectivity index (χ0n) is 16.7. The lowest BCUT2D eigenvalue weighted by Gasteiger charge is -2.37. The van der Waals surface area contributed by atoms with E-state index in [1.54, 1.807) is 18.1 Å². The normalized spacial score (nSPS) is 18.8. The number of anilines is 1. The van der Waals surface area contributed by atoms with Crippen molar-refractivity contribution in [2.75, 3.05) is 31.6 Å². The maximum atomic E-state index is 12.9. The Morgan fingerprint density at radius 1 is 1.16 bits per heavy atom. The second-order valence-corrected chi connectivity index (χ2v) is 8.11. The number of pyridine rings is 1. The summed E-state index contributed by atoms with van der Waals surface area (Å²) in [7, 11) is 1.74. The van der Waals surface area contributed by atoms with Crippen molar-refractivity contribution in [1.29, 1.82) is 0 Å². The molecule has 2 aliphatic rings. The van der Waals surface area contributed by atoms with Gasteiger partial charge in [0, 0.05) is 44.7 Å². The van der Waals surface area contributed by atoms with Crippen LogP contribution in [0.3, 0.4) is 0 Å². The molecule has 2 saturated heterocycles. The van der Waals surface area contributed by atoms with Gasteiger partial charge >= 0.3 is 12.3 Å². The van der Waals surface area contributed by atoms with Crippen LogP contribution in [0.4, 0.5) is 23.8 Å². The second-order valence-electron chi connectivity index (χ2n) is 8.11. The minimum atomic E-state index is -4.40. The predicted octanol–water partition coefficient (Wildman–Crippen LogP) is 4.06. The van der Waals surface area contributed by atoms with Gasteiger partial charge in [0.2, 0.25) is 0 Å². The number of carbonyl (C=O) groups excluding carboxylic acids is 1. The molecule has 4 heterocycles. The Bertz CT molecular complexity index is 1130. The zero-order chi connectivity index (χ0) is 21.8. The van der Waals surface area contributed by atoms with Gasteiger partial charge in [-0.3, -0.25) is 0 Å². The van der Waals surface area contributed by atoms with Gasteiger partial charge in [0.15, 0.2) is 0 Å². The maximum absolute atomic E-state index is 12.9. The van der Waals surface area contributed by atoms with E-state index in [4.69, 9.17) is 4.74 Å². The second kappa shape index (κ2) is 6.86. The molecular weight excluding hydrogens is 411 g/mol. The van der Waals surface area contributed by atoms with E-state index in [2.05, 4.69) is 19.9 Å². The predicted molar refractivity (Wildman–Crippen MR) is 108 cm³/mol. The highest BCUT2D eigenvalue weighted by molar-refractivity contribution is 5.80. The van der Waals surface area contributed by atoms with E-state index in [1.807, 2.05) is 12.1 Å². The number of amides is 1. The molecule has 2 aromatic heterocycles. The van der Waals surface area contributed by atoms with Crippen LogP contribution in [0, 0.1) is 0 Å². The molecule has 2 aliphatic heterocycles. The highest BCUT2D eigenvalue weighted by Gasteiger charge is 2.45. The molecule has 1 amide bonds. The first-order valence-corrected chi connectivity index (χ1v) is 9.95. The number of rotatable bonds is 2. The topological polar surface area (TPSA) is 74.3 Å². The molecule has 162 valence electrons. The number of hydrogen-bond donors (Lipinski definition) is 1. The molecule has 5 rings (SSSR count). The minimum Gasteiger partial charge on any atom is -0.441 e. The summed E-state index contributed by atoms with van der Waals surface area (Å²) < 4.78 is 44.4. The van der Waals surface area contributed by atoms with Crippen molar-refractivity contribution >= 4 is 22.9 Å². The summed E-state index contributed by atoms with van der Waals surface area (Å²) in [6.45, 7) is 2.05. The van der Waals surface area contributed by atoms with E-state index in [1.165, 1.54) is 6.07 Å². The third-order valence-electron chi connectivity index (χ3n) is 5.97. The van der Waals surface area contributed by atoms with Crippen molar-refractivity contribution in [3.63, 3.8) is 0 Å². The third kappa shape index (κ3) is 3.55. The van der Waals surface area contributed by atoms with Crippen molar-refractivity contribution < 1.29 is 22.7 Å². The molecule has 0 atom stereocenters. The monoisotopic (exact) mass is 431 g/mol. The Morgan fingerprint density at radius 2 is 1.94 bits per heavy atom. The van der Waals surface area contributed by atoms with Crippen LogP contribution in [0.2, 0.25) is 0 Å². The van der Waals surface area contributed by atoms with Crippen molar-refractivity contribution in [2.24, 2.45) is 0 Å². The fourth-order valence-corrected chi connectivity index (χ4v) is 4.23. The number of aromatic amines is 1. The maximum Gasteiger partial charge on any atom is 0.416 e. The number of halogens is 3. The first kappa shape index (κ1) is 19.7. The number of alkyl halides is 3. The SMILES string of the molecule is CN1CC2(CCN(c3ccc(-c4nc5ccc(C(F)(F)F)cc5[nH]4)cn3)CC2)OC1=O. The molecule has 0 unspecified atom stereocenters. The summed E-state index contributed by atoms with van der Waals surface area (Å²) in [4.78, 5) is 27.3. The molecule has 31 heavy (non-hydrogen) atoms. The molecule has 1 spiro atoms. The van der Waals surface area contributed by atoms with E-state index in [9.17, 15) is 18.0 Å². The van der Waals surface area contributed by atoms with Gasteiger partial charge in [-0.1, -0.05) is 0 Å². The average molecular weight is 431 g/mol. The summed E-state index contributed by atoms with van der Waals surface area (Å²) in [5, 5.41) is 0. The number of nitrogens with one attached hydrogen (secondary N) is 1. The number of fused-ring (bicyclic) bond motifs is 1. The van der Waals surface area contributed by atoms with Crippen LogP contribution in [0.15, 0.2) is 36.5 Å². The lowest BCUT2D eigenvalue weighted by Crippen LogP contribution is -2.47. The van der Waals surface area contributed by atoms with Gasteiger partial charge in [0.25, 0.3) is 0 Å². The number of nitrogens with zero attached hydrogens (tertiary/aromatic N) is 4. The Hall–Kier alpha value is -3.30. The van der Waals surface area contributed by atoms with E-state index >= 15 is 0 Å². The lowest BCUT2D eigenvalue weighted by molar-refractivity contribution is -0.137. The van der Waals surface area contributed by atoms with Gasteiger partial charge in [-0.2, -0.15) is 13.2 Å². The first-order chi connectivity index (χ1) is 14.7. The summed E-state index contributed by atoms with van der Waals surface area (Å²) in [6.07, 6.45) is -1.55. The fraction of sp³-hybridized carbons (Fsp3) is 0.381. The van der Waals surface area contributed by atoms with Gasteiger partial charge < -0.3 is 19.5 Å². The van der Waals surface area contributed by atoms with E-state index in [0.717, 1.165) is 43.9 Å². The van der Waals surface area contributed by atoms with Crippen LogP contribution in [0.1, 0.15) is 18.4 Å². The molecular formula is C21H20F3N5O2. The summed E-state index contributed by atoms with van der Waals surface area (Å²) in [6, 6.07) is 7.16. The highest BCUT2D eigenvalue weighted by Crippen LogP contribution is 2.34. The molecule has 0 radical (unpaired) electrons. The van der Waals surface area contributed by atoms with Gasteiger partial charge in [0.05, 0.1) is 23.1 Å². The molecule has 1 N–H and O–H groups in total. The Kier molecular flexibility index (Phi) is 4.35. The lowest BCUT2D eigenvalue weighted by atomic mass is 9.91. The molecule has 0 saturated carbocycles. The van der Waals surface area contributed by atoms with Crippen molar-refractivity contribution in [3.05, 3.63) is 42.1 Å². The molecule has 10 heteroatoms. The number of H-pyrrole nitrogens is 1. The standard InChI is InChI=1S/C21H20F3N5O2/c1-28-12-20(31-19(28)30)6-8-29(9-7-20)17-5-2-13(11-25-17)18-26-15-4-3-14(21(22,23)24)10-16(15)27-18/h2-5,10-11H,6-9,12H2,1H3,(H,26,27). The molecule has 3 aromatic rings. The van der Waals surface area contributed by atoms with Gasteiger partial charge in [-0.25, -0.2) is 14.8 Å². The summed E-state index contributed by atoms with van der Waals surface area (Å²) >= 11 is 0. The first-order valence-electron chi connectivity index (χ1n) is 9.95. The number of benzene rings is 1. The molecule has 0 aliphatic carbocycles. The third-order valence-corrected chi connectivity index (χ3v) is 5.97. The Balaban J connectivity index is 1.31. The average Bonchev–Trinajstić information content (AvgIpc) is 3.28. The van der Waals surface area contributed by atoms with Crippen LogP contribution in [-0.2, 0) is 10.9 Å². The van der Waals surface area contributed by atoms with Gasteiger partial charge in [-0.05, 0) is 30.3 Å². The Morgan fingerprint density at radius 3 is 2.55 bits per heavy atom. The number of carbonyl (C=O) groups is 1. The van der Waals surface area contributed by atoms with E-state index in [-0.39, 0.29) is 6.09 Å². The molecule has 0 bridgehead atoms. The van der Waals surface area contributed by atoms with Gasteiger partial charge in [-0.15, -0.1) is 0 Å². The summed E-state index contributed by atoms with van der Waals surface area (Å²) in [5.41, 5.74) is 0.348. The van der Waals surface area contributed by atoms with Crippen LogP contribution in [0.5, 0.6) is 0 Å².